The maximum Gasteiger partial charge on any atom is 0.236 e. The summed E-state index contributed by atoms with van der Waals surface area (Å²) in [5.74, 6) is 0.0947. The van der Waals surface area contributed by atoms with E-state index in [2.05, 4.69) is 0 Å². The Labute approximate surface area is 113 Å². The van der Waals surface area contributed by atoms with Crippen molar-refractivity contribution in [3.63, 3.8) is 0 Å². The molecule has 1 amide bonds. The Morgan fingerprint density at radius 1 is 1.22 bits per heavy atom. The molecule has 2 N–H and O–H groups in total. The molecule has 0 aliphatic carbocycles. The summed E-state index contributed by atoms with van der Waals surface area (Å²) in [6.07, 6.45) is 0. The Morgan fingerprint density at radius 2 is 1.78 bits per heavy atom. The van der Waals surface area contributed by atoms with E-state index in [-0.39, 0.29) is 5.91 Å². The lowest BCUT2D eigenvalue weighted by molar-refractivity contribution is -0.129. The molecule has 1 rings (SSSR count). The summed E-state index contributed by atoms with van der Waals surface area (Å²) in [7, 11) is 5.43. The lowest BCUT2D eigenvalue weighted by Crippen LogP contribution is -2.34. The van der Waals surface area contributed by atoms with Gasteiger partial charge >= 0.3 is 0 Å². The van der Waals surface area contributed by atoms with Crippen LogP contribution in [0.1, 0.15) is 11.1 Å². The smallest absolute Gasteiger partial charge is 0.236 e. The number of carbonyl (C=O) groups excluding carboxylic acids is 1. The van der Waals surface area contributed by atoms with Gasteiger partial charge < -0.3 is 10.6 Å². The van der Waals surface area contributed by atoms with Gasteiger partial charge in [0.1, 0.15) is 4.99 Å². The molecule has 1 aromatic rings. The highest BCUT2D eigenvalue weighted by molar-refractivity contribution is 7.80. The fourth-order valence-corrected chi connectivity index (χ4v) is 1.65. The third-order valence-electron chi connectivity index (χ3n) is 2.59. The van der Waals surface area contributed by atoms with E-state index in [1.807, 2.05) is 36.2 Å². The zero-order valence-corrected chi connectivity index (χ0v) is 11.8. The fourth-order valence-electron chi connectivity index (χ4n) is 1.51. The summed E-state index contributed by atoms with van der Waals surface area (Å²) < 4.78 is 0. The van der Waals surface area contributed by atoms with Crippen LogP contribution in [0.25, 0.3) is 0 Å². The van der Waals surface area contributed by atoms with Gasteiger partial charge in [0.05, 0.1) is 6.54 Å². The maximum atomic E-state index is 11.5. The number of nitrogens with zero attached hydrogens (tertiary/aromatic N) is 2. The van der Waals surface area contributed by atoms with Crippen molar-refractivity contribution in [2.75, 3.05) is 27.7 Å². The van der Waals surface area contributed by atoms with Crippen LogP contribution in [0.2, 0.25) is 0 Å². The quantitative estimate of drug-likeness (QED) is 0.802. The first-order valence-electron chi connectivity index (χ1n) is 5.67. The molecule has 0 unspecified atom stereocenters. The van der Waals surface area contributed by atoms with Crippen molar-refractivity contribution in [3.05, 3.63) is 35.4 Å². The summed E-state index contributed by atoms with van der Waals surface area (Å²) in [5, 5.41) is 0. The first-order chi connectivity index (χ1) is 8.40. The second kappa shape index (κ2) is 6.47. The molecular weight excluding hydrogens is 246 g/mol. The minimum absolute atomic E-state index is 0.0947. The van der Waals surface area contributed by atoms with Gasteiger partial charge in [-0.3, -0.25) is 9.69 Å². The Morgan fingerprint density at radius 3 is 2.22 bits per heavy atom. The third-order valence-corrected chi connectivity index (χ3v) is 2.83. The van der Waals surface area contributed by atoms with Gasteiger partial charge in [-0.05, 0) is 12.6 Å². The molecule has 0 spiro atoms. The number of nitrogens with two attached hydrogens (primary N) is 1. The molecule has 0 aromatic heterocycles. The standard InChI is InChI=1S/C13H19N3OS/c1-15(2)12(17)9-16(3)8-10-4-6-11(7-5-10)13(14)18/h4-7H,8-9H2,1-3H3,(H2,14,18). The Hall–Kier alpha value is -1.46. The number of hydrogen-bond donors (Lipinski definition) is 1. The average molecular weight is 265 g/mol. The minimum Gasteiger partial charge on any atom is -0.389 e. The van der Waals surface area contributed by atoms with Crippen molar-refractivity contribution in [2.24, 2.45) is 5.73 Å². The summed E-state index contributed by atoms with van der Waals surface area (Å²) in [6, 6.07) is 7.76. The largest absolute Gasteiger partial charge is 0.389 e. The molecule has 0 saturated heterocycles. The Bertz CT molecular complexity index is 428. The van der Waals surface area contributed by atoms with Crippen LogP contribution >= 0.6 is 12.2 Å². The zero-order chi connectivity index (χ0) is 13.7. The van der Waals surface area contributed by atoms with E-state index in [1.165, 1.54) is 0 Å². The molecule has 18 heavy (non-hydrogen) atoms. The van der Waals surface area contributed by atoms with Gasteiger partial charge in [-0.2, -0.15) is 0 Å². The molecule has 5 heteroatoms. The number of likely N-dealkylation sites (N-methyl/N-ethyl adjacent to an activating group) is 2. The molecule has 98 valence electrons. The maximum absolute atomic E-state index is 11.5. The van der Waals surface area contributed by atoms with E-state index >= 15 is 0 Å². The van der Waals surface area contributed by atoms with Crippen LogP contribution in [0.5, 0.6) is 0 Å². The number of thiocarbonyl (C=S) groups is 1. The lowest BCUT2D eigenvalue weighted by atomic mass is 10.1. The van der Waals surface area contributed by atoms with Crippen molar-refractivity contribution >= 4 is 23.1 Å². The highest BCUT2D eigenvalue weighted by Gasteiger charge is 2.08. The average Bonchev–Trinajstić information content (AvgIpc) is 2.29. The van der Waals surface area contributed by atoms with Crippen LogP contribution in [0.15, 0.2) is 24.3 Å². The molecule has 0 aliphatic rings. The van der Waals surface area contributed by atoms with Gasteiger partial charge in [-0.15, -0.1) is 0 Å². The van der Waals surface area contributed by atoms with E-state index in [4.69, 9.17) is 18.0 Å². The Kier molecular flexibility index (Phi) is 5.25. The van der Waals surface area contributed by atoms with E-state index < -0.39 is 0 Å². The second-order valence-corrected chi connectivity index (χ2v) is 4.96. The second-order valence-electron chi connectivity index (χ2n) is 4.52. The van der Waals surface area contributed by atoms with Crippen molar-refractivity contribution in [1.82, 2.24) is 9.80 Å². The molecule has 0 radical (unpaired) electrons. The lowest BCUT2D eigenvalue weighted by Gasteiger charge is -2.19. The summed E-state index contributed by atoms with van der Waals surface area (Å²) >= 11 is 4.90. The Balaban J connectivity index is 2.57. The van der Waals surface area contributed by atoms with Crippen LogP contribution in [-0.2, 0) is 11.3 Å². The van der Waals surface area contributed by atoms with Crippen LogP contribution in [0.3, 0.4) is 0 Å². The number of benzene rings is 1. The molecule has 0 aliphatic heterocycles. The third kappa shape index (κ3) is 4.43. The first kappa shape index (κ1) is 14.6. The van der Waals surface area contributed by atoms with Crippen molar-refractivity contribution in [2.45, 2.75) is 6.54 Å². The highest BCUT2D eigenvalue weighted by atomic mass is 32.1. The van der Waals surface area contributed by atoms with Crippen molar-refractivity contribution in [3.8, 4) is 0 Å². The first-order valence-corrected chi connectivity index (χ1v) is 6.08. The van der Waals surface area contributed by atoms with Gasteiger partial charge in [0.25, 0.3) is 0 Å². The molecule has 0 atom stereocenters. The molecule has 0 heterocycles. The van der Waals surface area contributed by atoms with Crippen LogP contribution in [0, 0.1) is 0 Å². The van der Waals surface area contributed by atoms with Crippen molar-refractivity contribution < 1.29 is 4.79 Å². The molecular formula is C13H19N3OS. The summed E-state index contributed by atoms with van der Waals surface area (Å²) in [5.41, 5.74) is 7.53. The predicted molar refractivity (Wildman–Crippen MR) is 77.4 cm³/mol. The SMILES string of the molecule is CN(CC(=O)N(C)C)Cc1ccc(C(N)=S)cc1. The van der Waals surface area contributed by atoms with Crippen LogP contribution in [-0.4, -0.2) is 48.4 Å². The summed E-state index contributed by atoms with van der Waals surface area (Å²) in [4.78, 5) is 15.5. The van der Waals surface area contributed by atoms with E-state index in [1.54, 1.807) is 19.0 Å². The monoisotopic (exact) mass is 265 g/mol. The van der Waals surface area contributed by atoms with Gasteiger partial charge in [-0.25, -0.2) is 0 Å². The van der Waals surface area contributed by atoms with Gasteiger partial charge in [-0.1, -0.05) is 36.5 Å². The van der Waals surface area contributed by atoms with Crippen molar-refractivity contribution in [1.29, 1.82) is 0 Å². The molecule has 0 bridgehead atoms. The van der Waals surface area contributed by atoms with Gasteiger partial charge in [0, 0.05) is 26.2 Å². The van der Waals surface area contributed by atoms with E-state index in [0.717, 1.165) is 17.7 Å². The number of amides is 1. The minimum atomic E-state index is 0.0947. The van der Waals surface area contributed by atoms with E-state index in [9.17, 15) is 4.79 Å². The van der Waals surface area contributed by atoms with Crippen LogP contribution < -0.4 is 5.73 Å². The summed E-state index contributed by atoms with van der Waals surface area (Å²) in [6.45, 7) is 1.13. The topological polar surface area (TPSA) is 49.6 Å². The van der Waals surface area contributed by atoms with Gasteiger partial charge in [0.15, 0.2) is 0 Å². The number of rotatable bonds is 5. The predicted octanol–water partition coefficient (Wildman–Crippen LogP) is 0.841. The van der Waals surface area contributed by atoms with E-state index in [0.29, 0.717) is 11.5 Å². The molecule has 0 saturated carbocycles. The highest BCUT2D eigenvalue weighted by Crippen LogP contribution is 2.06. The molecule has 1 aromatic carbocycles. The van der Waals surface area contributed by atoms with Crippen LogP contribution in [0.4, 0.5) is 0 Å². The molecule has 0 fully saturated rings. The zero-order valence-electron chi connectivity index (χ0n) is 11.0. The fraction of sp³-hybridized carbons (Fsp3) is 0.385. The molecule has 4 nitrogen and oxygen atoms in total. The number of carbonyl (C=O) groups is 1. The number of hydrogen-bond acceptors (Lipinski definition) is 3. The van der Waals surface area contributed by atoms with Gasteiger partial charge in [0.2, 0.25) is 5.91 Å². The normalized spacial score (nSPS) is 10.4.